The fraction of sp³-hybridized carbons (Fsp3) is 0.0800. The molecule has 0 aliphatic rings. The second kappa shape index (κ2) is 9.68. The van der Waals surface area contributed by atoms with Crippen LogP contribution in [0, 0.1) is 11.3 Å². The number of benzene rings is 3. The van der Waals surface area contributed by atoms with Crippen molar-refractivity contribution in [1.29, 1.82) is 5.26 Å². The Bertz CT molecular complexity index is 1860. The summed E-state index contributed by atoms with van der Waals surface area (Å²) in [6.45, 7) is 1.66. The van der Waals surface area contributed by atoms with Crippen LogP contribution in [0.4, 0.5) is 11.4 Å². The summed E-state index contributed by atoms with van der Waals surface area (Å²) in [6, 6.07) is 18.4. The Kier molecular flexibility index (Phi) is 6.23. The maximum absolute atomic E-state index is 12.8. The molecule has 12 nitrogen and oxygen atoms in total. The molecule has 2 aromatic heterocycles. The summed E-state index contributed by atoms with van der Waals surface area (Å²) in [7, 11) is -3.87. The number of amides is 1. The molecule has 190 valence electrons. The monoisotopic (exact) mass is 528 g/mol. The quantitative estimate of drug-likeness (QED) is 0.251. The average molecular weight is 529 g/mol. The van der Waals surface area contributed by atoms with Crippen LogP contribution in [0.2, 0.25) is 0 Å². The van der Waals surface area contributed by atoms with Gasteiger partial charge in [0.25, 0.3) is 10.0 Å². The van der Waals surface area contributed by atoms with Crippen LogP contribution in [-0.2, 0) is 14.8 Å². The molecule has 38 heavy (non-hydrogen) atoms. The molecule has 0 bridgehead atoms. The van der Waals surface area contributed by atoms with E-state index in [-0.39, 0.29) is 16.5 Å². The van der Waals surface area contributed by atoms with E-state index in [1.54, 1.807) is 55.6 Å². The maximum atomic E-state index is 12.8. The van der Waals surface area contributed by atoms with Crippen LogP contribution in [0.25, 0.3) is 22.3 Å². The highest BCUT2D eigenvalue weighted by Gasteiger charge is 2.19. The third-order valence-corrected chi connectivity index (χ3v) is 7.17. The molecule has 0 aliphatic carbocycles. The lowest BCUT2D eigenvalue weighted by atomic mass is 10.1. The highest BCUT2D eigenvalue weighted by Crippen LogP contribution is 2.24. The molecule has 5 rings (SSSR count). The van der Waals surface area contributed by atoms with Crippen molar-refractivity contribution in [2.75, 3.05) is 10.0 Å². The van der Waals surface area contributed by atoms with Crippen molar-refractivity contribution in [2.24, 2.45) is 0 Å². The number of nitrogens with zero attached hydrogens (tertiary/aromatic N) is 4. The number of imidazole rings is 1. The number of nitrogens with one attached hydrogen (secondary N) is 4. The van der Waals surface area contributed by atoms with E-state index in [1.807, 2.05) is 6.07 Å². The van der Waals surface area contributed by atoms with Gasteiger partial charge in [-0.05, 0) is 61.5 Å². The van der Waals surface area contributed by atoms with Gasteiger partial charge in [-0.3, -0.25) is 9.52 Å². The fourth-order valence-corrected chi connectivity index (χ4v) is 4.79. The zero-order valence-corrected chi connectivity index (χ0v) is 20.7. The molecule has 0 saturated carbocycles. The number of sulfonamides is 1. The zero-order valence-electron chi connectivity index (χ0n) is 19.8. The Balaban J connectivity index is 1.30. The number of nitriles is 1. The summed E-state index contributed by atoms with van der Waals surface area (Å²) in [5, 5.41) is 19.9. The molecular weight excluding hydrogens is 508 g/mol. The number of fused-ring (bicyclic) bond motifs is 1. The lowest BCUT2D eigenvalue weighted by Gasteiger charge is -2.12. The van der Waals surface area contributed by atoms with Crippen molar-refractivity contribution in [2.45, 2.75) is 17.9 Å². The van der Waals surface area contributed by atoms with Gasteiger partial charge in [0.2, 0.25) is 5.91 Å². The van der Waals surface area contributed by atoms with Crippen LogP contribution in [0.3, 0.4) is 0 Å². The summed E-state index contributed by atoms with van der Waals surface area (Å²) in [4.78, 5) is 29.6. The van der Waals surface area contributed by atoms with E-state index in [0.29, 0.717) is 39.2 Å². The van der Waals surface area contributed by atoms with Crippen molar-refractivity contribution in [3.05, 3.63) is 89.0 Å². The molecule has 5 aromatic rings. The first kappa shape index (κ1) is 24.5. The van der Waals surface area contributed by atoms with Crippen molar-refractivity contribution in [1.82, 2.24) is 25.0 Å². The Morgan fingerprint density at radius 2 is 1.79 bits per heavy atom. The standard InChI is InChI=1S/C25H20N8O4S/c1-15(24(34)27-18-7-10-21-22(12-18)29-25(35)28-21)33-14-23(30-32-33)17-3-2-4-19(11-17)31-38(36,37)20-8-5-16(13-26)6-9-20/h2-12,14-15,31H,1H3,(H,27,34)(H2,28,29,35). The minimum absolute atomic E-state index is 0.0229. The number of hydrogen-bond acceptors (Lipinski definition) is 7. The molecule has 4 N–H and O–H groups in total. The molecule has 0 spiro atoms. The molecule has 0 radical (unpaired) electrons. The van der Waals surface area contributed by atoms with Crippen LogP contribution in [0.1, 0.15) is 18.5 Å². The Morgan fingerprint density at radius 1 is 1.03 bits per heavy atom. The molecule has 3 aromatic carbocycles. The minimum atomic E-state index is -3.87. The topological polar surface area (TPSA) is 178 Å². The van der Waals surface area contributed by atoms with E-state index in [1.165, 1.54) is 28.9 Å². The van der Waals surface area contributed by atoms with Crippen LogP contribution in [0.5, 0.6) is 0 Å². The van der Waals surface area contributed by atoms with E-state index in [2.05, 4.69) is 30.3 Å². The number of rotatable bonds is 7. The number of aromatic nitrogens is 5. The van der Waals surface area contributed by atoms with Crippen LogP contribution < -0.4 is 15.7 Å². The Labute approximate surface area is 216 Å². The third kappa shape index (κ3) is 5.01. The Hall–Kier alpha value is -5.22. The third-order valence-electron chi connectivity index (χ3n) is 5.77. The number of carbonyl (C=O) groups is 1. The normalized spacial score (nSPS) is 12.1. The number of H-pyrrole nitrogens is 2. The Morgan fingerprint density at radius 3 is 2.55 bits per heavy atom. The van der Waals surface area contributed by atoms with Gasteiger partial charge in [-0.2, -0.15) is 5.26 Å². The van der Waals surface area contributed by atoms with E-state index in [0.717, 1.165) is 0 Å². The highest BCUT2D eigenvalue weighted by atomic mass is 32.2. The molecule has 1 amide bonds. The number of aromatic amines is 2. The number of carbonyl (C=O) groups excluding carboxylic acids is 1. The first-order valence-electron chi connectivity index (χ1n) is 11.3. The average Bonchev–Trinajstić information content (AvgIpc) is 3.54. The number of anilines is 2. The van der Waals surface area contributed by atoms with Gasteiger partial charge in [-0.15, -0.1) is 5.10 Å². The van der Waals surface area contributed by atoms with Crippen molar-refractivity contribution < 1.29 is 13.2 Å². The van der Waals surface area contributed by atoms with Crippen LogP contribution in [0.15, 0.2) is 82.6 Å². The summed E-state index contributed by atoms with van der Waals surface area (Å²) in [5.74, 6) is -0.345. The van der Waals surface area contributed by atoms with Gasteiger partial charge in [0.15, 0.2) is 0 Å². The summed E-state index contributed by atoms with van der Waals surface area (Å²) in [6.07, 6.45) is 1.59. The predicted octanol–water partition coefficient (Wildman–Crippen LogP) is 2.99. The van der Waals surface area contributed by atoms with Gasteiger partial charge < -0.3 is 15.3 Å². The lowest BCUT2D eigenvalue weighted by molar-refractivity contribution is -0.119. The van der Waals surface area contributed by atoms with Gasteiger partial charge in [0.1, 0.15) is 11.7 Å². The zero-order chi connectivity index (χ0) is 26.9. The molecule has 2 heterocycles. The first-order chi connectivity index (χ1) is 18.2. The predicted molar refractivity (Wildman–Crippen MR) is 140 cm³/mol. The van der Waals surface area contributed by atoms with Gasteiger partial charge in [-0.1, -0.05) is 17.3 Å². The summed E-state index contributed by atoms with van der Waals surface area (Å²) in [5.41, 5.74) is 3.06. The fourth-order valence-electron chi connectivity index (χ4n) is 3.74. The van der Waals surface area contributed by atoms with Crippen LogP contribution in [-0.4, -0.2) is 39.3 Å². The minimum Gasteiger partial charge on any atom is -0.324 e. The van der Waals surface area contributed by atoms with Crippen molar-refractivity contribution >= 4 is 38.3 Å². The molecule has 1 atom stereocenters. The van der Waals surface area contributed by atoms with E-state index >= 15 is 0 Å². The second-order valence-corrected chi connectivity index (χ2v) is 10.1. The molecule has 0 aliphatic heterocycles. The van der Waals surface area contributed by atoms with Crippen LogP contribution >= 0.6 is 0 Å². The number of hydrogen-bond donors (Lipinski definition) is 4. The smallest absolute Gasteiger partial charge is 0.323 e. The molecule has 1 unspecified atom stereocenters. The second-order valence-electron chi connectivity index (χ2n) is 8.41. The van der Waals surface area contributed by atoms with E-state index < -0.39 is 16.1 Å². The van der Waals surface area contributed by atoms with Gasteiger partial charge in [0.05, 0.1) is 33.8 Å². The summed E-state index contributed by atoms with van der Waals surface area (Å²) >= 11 is 0. The highest BCUT2D eigenvalue weighted by molar-refractivity contribution is 7.92. The maximum Gasteiger partial charge on any atom is 0.323 e. The SMILES string of the molecule is CC(C(=O)Nc1ccc2[nH]c(=O)[nH]c2c1)n1cc(-c2cccc(NS(=O)(=O)c3ccc(C#N)cc3)c2)nn1. The van der Waals surface area contributed by atoms with Crippen molar-refractivity contribution in [3.63, 3.8) is 0 Å². The van der Waals surface area contributed by atoms with Gasteiger partial charge in [0, 0.05) is 16.9 Å². The van der Waals surface area contributed by atoms with Crippen molar-refractivity contribution in [3.8, 4) is 17.3 Å². The van der Waals surface area contributed by atoms with E-state index in [9.17, 15) is 18.0 Å². The largest absolute Gasteiger partial charge is 0.324 e. The molecular formula is C25H20N8O4S. The van der Waals surface area contributed by atoms with Gasteiger partial charge in [-0.25, -0.2) is 17.9 Å². The molecule has 0 saturated heterocycles. The lowest BCUT2D eigenvalue weighted by Crippen LogP contribution is -2.24. The molecule has 0 fully saturated rings. The van der Waals surface area contributed by atoms with Gasteiger partial charge >= 0.3 is 5.69 Å². The van der Waals surface area contributed by atoms with E-state index in [4.69, 9.17) is 5.26 Å². The first-order valence-corrected chi connectivity index (χ1v) is 12.8. The molecule has 13 heteroatoms. The summed E-state index contributed by atoms with van der Waals surface area (Å²) < 4.78 is 29.4.